The van der Waals surface area contributed by atoms with E-state index in [2.05, 4.69) is 41.7 Å². The van der Waals surface area contributed by atoms with E-state index >= 15 is 0 Å². The van der Waals surface area contributed by atoms with E-state index in [0.717, 1.165) is 38.6 Å². The van der Waals surface area contributed by atoms with Crippen LogP contribution in [0.1, 0.15) is 31.2 Å². The van der Waals surface area contributed by atoms with E-state index in [1.54, 1.807) is 0 Å². The highest BCUT2D eigenvalue weighted by Crippen LogP contribution is 2.13. The van der Waals surface area contributed by atoms with Gasteiger partial charge in [-0.2, -0.15) is 0 Å². The lowest BCUT2D eigenvalue weighted by atomic mass is 9.98. The second kappa shape index (κ2) is 7.34. The summed E-state index contributed by atoms with van der Waals surface area (Å²) < 4.78 is 0. The van der Waals surface area contributed by atoms with Crippen LogP contribution in [0.25, 0.3) is 0 Å². The van der Waals surface area contributed by atoms with E-state index in [9.17, 15) is 5.11 Å². The molecule has 0 heterocycles. The predicted molar refractivity (Wildman–Crippen MR) is 75.6 cm³/mol. The fraction of sp³-hybridized carbons (Fsp3) is 0.500. The summed E-state index contributed by atoms with van der Waals surface area (Å²) in [6, 6.07) is 10.7. The number of aliphatic hydroxyl groups excluding tert-OH is 1. The van der Waals surface area contributed by atoms with Crippen molar-refractivity contribution in [2.45, 2.75) is 44.2 Å². The van der Waals surface area contributed by atoms with Crippen molar-refractivity contribution < 1.29 is 5.11 Å². The van der Waals surface area contributed by atoms with E-state index < -0.39 is 0 Å². The van der Waals surface area contributed by atoms with Crippen molar-refractivity contribution in [1.29, 1.82) is 0 Å². The molecule has 1 aromatic rings. The van der Waals surface area contributed by atoms with Crippen LogP contribution in [0.3, 0.4) is 0 Å². The van der Waals surface area contributed by atoms with E-state index in [1.807, 2.05) is 6.07 Å². The van der Waals surface area contributed by atoms with Crippen LogP contribution >= 0.6 is 0 Å². The van der Waals surface area contributed by atoms with E-state index in [1.165, 1.54) is 5.56 Å². The first kappa shape index (κ1) is 13.3. The smallest absolute Gasteiger partial charge is 0.0696 e. The average Bonchev–Trinajstić information content (AvgIpc) is 2.39. The SMILES string of the molecule is O[C@@H]1CC/C=C/CC[C@H]1NCCc1ccccc1. The van der Waals surface area contributed by atoms with Crippen LogP contribution in [0.15, 0.2) is 42.5 Å². The lowest BCUT2D eigenvalue weighted by Crippen LogP contribution is -2.41. The molecule has 0 bridgehead atoms. The van der Waals surface area contributed by atoms with Gasteiger partial charge >= 0.3 is 0 Å². The Morgan fingerprint density at radius 1 is 1.06 bits per heavy atom. The van der Waals surface area contributed by atoms with Gasteiger partial charge in [0.05, 0.1) is 6.10 Å². The van der Waals surface area contributed by atoms with Crippen LogP contribution in [0.2, 0.25) is 0 Å². The summed E-state index contributed by atoms with van der Waals surface area (Å²) in [7, 11) is 0. The molecule has 0 saturated heterocycles. The number of rotatable bonds is 4. The first-order valence-corrected chi connectivity index (χ1v) is 6.96. The molecule has 2 heteroatoms. The lowest BCUT2D eigenvalue weighted by molar-refractivity contribution is 0.114. The van der Waals surface area contributed by atoms with Crippen molar-refractivity contribution in [1.82, 2.24) is 5.32 Å². The molecule has 1 aliphatic rings. The van der Waals surface area contributed by atoms with Crippen molar-refractivity contribution >= 4 is 0 Å². The molecule has 0 fully saturated rings. The molecule has 18 heavy (non-hydrogen) atoms. The molecular formula is C16H23NO. The Kier molecular flexibility index (Phi) is 5.43. The number of benzene rings is 1. The average molecular weight is 245 g/mol. The monoisotopic (exact) mass is 245 g/mol. The summed E-state index contributed by atoms with van der Waals surface area (Å²) >= 11 is 0. The third kappa shape index (κ3) is 4.28. The quantitative estimate of drug-likeness (QED) is 0.799. The van der Waals surface area contributed by atoms with Gasteiger partial charge in [-0.25, -0.2) is 0 Å². The van der Waals surface area contributed by atoms with Crippen LogP contribution in [0.5, 0.6) is 0 Å². The maximum absolute atomic E-state index is 10.1. The van der Waals surface area contributed by atoms with Gasteiger partial charge in [-0.1, -0.05) is 42.5 Å². The number of hydrogen-bond acceptors (Lipinski definition) is 2. The maximum Gasteiger partial charge on any atom is 0.0696 e. The molecule has 0 aromatic heterocycles. The van der Waals surface area contributed by atoms with Crippen LogP contribution in [-0.2, 0) is 6.42 Å². The molecule has 2 N–H and O–H groups in total. The molecule has 98 valence electrons. The van der Waals surface area contributed by atoms with Gasteiger partial charge in [0.15, 0.2) is 0 Å². The third-order valence-electron chi connectivity index (χ3n) is 3.57. The fourth-order valence-corrected chi connectivity index (χ4v) is 2.46. The van der Waals surface area contributed by atoms with Gasteiger partial charge in [-0.15, -0.1) is 0 Å². The van der Waals surface area contributed by atoms with Crippen molar-refractivity contribution in [3.63, 3.8) is 0 Å². The summed E-state index contributed by atoms with van der Waals surface area (Å²) in [5.41, 5.74) is 1.35. The standard InChI is InChI=1S/C16H23NO/c18-16-11-7-2-1-6-10-15(16)17-13-12-14-8-4-3-5-9-14/h1-5,8-9,15-18H,6-7,10-13H2/b2-1+/t15-,16-/m1/s1. The molecule has 2 rings (SSSR count). The molecule has 2 atom stereocenters. The second-order valence-electron chi connectivity index (χ2n) is 4.99. The Bertz CT molecular complexity index is 361. The highest BCUT2D eigenvalue weighted by atomic mass is 16.3. The van der Waals surface area contributed by atoms with Gasteiger partial charge in [-0.3, -0.25) is 0 Å². The lowest BCUT2D eigenvalue weighted by Gasteiger charge is -2.25. The van der Waals surface area contributed by atoms with Gasteiger partial charge < -0.3 is 10.4 Å². The zero-order valence-electron chi connectivity index (χ0n) is 10.9. The predicted octanol–water partition coefficient (Wildman–Crippen LogP) is 2.68. The van der Waals surface area contributed by atoms with Crippen LogP contribution < -0.4 is 5.32 Å². The summed E-state index contributed by atoms with van der Waals surface area (Å²) in [6.45, 7) is 0.940. The Balaban J connectivity index is 1.76. The van der Waals surface area contributed by atoms with Gasteiger partial charge in [-0.05, 0) is 44.2 Å². The molecule has 0 spiro atoms. The molecule has 1 aliphatic carbocycles. The van der Waals surface area contributed by atoms with Gasteiger partial charge in [0, 0.05) is 6.04 Å². The third-order valence-corrected chi connectivity index (χ3v) is 3.57. The van der Waals surface area contributed by atoms with Gasteiger partial charge in [0.1, 0.15) is 0 Å². The van der Waals surface area contributed by atoms with Gasteiger partial charge in [0.2, 0.25) is 0 Å². The summed E-state index contributed by atoms with van der Waals surface area (Å²) in [6.07, 6.45) is 9.22. The normalized spacial score (nSPS) is 26.3. The molecule has 1 aromatic carbocycles. The Morgan fingerprint density at radius 2 is 1.78 bits per heavy atom. The Labute approximate surface area is 110 Å². The maximum atomic E-state index is 10.1. The minimum atomic E-state index is -0.203. The molecule has 2 nitrogen and oxygen atoms in total. The van der Waals surface area contributed by atoms with Crippen LogP contribution in [0, 0.1) is 0 Å². The molecule has 0 unspecified atom stereocenters. The zero-order chi connectivity index (χ0) is 12.6. The first-order chi connectivity index (χ1) is 8.86. The topological polar surface area (TPSA) is 32.3 Å². The minimum Gasteiger partial charge on any atom is -0.391 e. The van der Waals surface area contributed by atoms with E-state index in [-0.39, 0.29) is 12.1 Å². The first-order valence-electron chi connectivity index (χ1n) is 6.96. The zero-order valence-corrected chi connectivity index (χ0v) is 10.9. The molecule has 0 aliphatic heterocycles. The Hall–Kier alpha value is -1.12. The molecule has 0 amide bonds. The summed E-state index contributed by atoms with van der Waals surface area (Å²) in [5.74, 6) is 0. The van der Waals surface area contributed by atoms with Crippen LogP contribution in [-0.4, -0.2) is 23.8 Å². The highest BCUT2D eigenvalue weighted by Gasteiger charge is 2.18. The van der Waals surface area contributed by atoms with Crippen molar-refractivity contribution in [3.8, 4) is 0 Å². The summed E-state index contributed by atoms with van der Waals surface area (Å²) in [4.78, 5) is 0. The second-order valence-corrected chi connectivity index (χ2v) is 4.99. The fourth-order valence-electron chi connectivity index (χ4n) is 2.46. The Morgan fingerprint density at radius 3 is 2.56 bits per heavy atom. The van der Waals surface area contributed by atoms with E-state index in [0.29, 0.717) is 0 Å². The van der Waals surface area contributed by atoms with Gasteiger partial charge in [0.25, 0.3) is 0 Å². The number of nitrogens with one attached hydrogen (secondary N) is 1. The largest absolute Gasteiger partial charge is 0.391 e. The highest BCUT2D eigenvalue weighted by molar-refractivity contribution is 5.14. The molecule has 0 radical (unpaired) electrons. The number of allylic oxidation sites excluding steroid dienone is 2. The van der Waals surface area contributed by atoms with Crippen molar-refractivity contribution in [2.24, 2.45) is 0 Å². The molecule has 0 saturated carbocycles. The minimum absolute atomic E-state index is 0.203. The van der Waals surface area contributed by atoms with Crippen molar-refractivity contribution in [2.75, 3.05) is 6.54 Å². The number of hydrogen-bond donors (Lipinski definition) is 2. The van der Waals surface area contributed by atoms with Crippen LogP contribution in [0.4, 0.5) is 0 Å². The number of aliphatic hydroxyl groups is 1. The summed E-state index contributed by atoms with van der Waals surface area (Å²) in [5, 5.41) is 13.6. The van der Waals surface area contributed by atoms with Crippen molar-refractivity contribution in [3.05, 3.63) is 48.0 Å². The molecular weight excluding hydrogens is 222 g/mol. The van der Waals surface area contributed by atoms with E-state index in [4.69, 9.17) is 0 Å².